The van der Waals surface area contributed by atoms with Crippen molar-refractivity contribution in [2.75, 3.05) is 0 Å². The van der Waals surface area contributed by atoms with Gasteiger partial charge in [-0.1, -0.05) is 27.5 Å². The number of benzene rings is 2. The van der Waals surface area contributed by atoms with Crippen molar-refractivity contribution in [3.8, 4) is 11.5 Å². The van der Waals surface area contributed by atoms with Crippen LogP contribution in [-0.4, -0.2) is 11.1 Å². The summed E-state index contributed by atoms with van der Waals surface area (Å²) in [6.45, 7) is 1.96. The first-order valence-corrected chi connectivity index (χ1v) is 7.27. The van der Waals surface area contributed by atoms with Gasteiger partial charge in [0.05, 0.1) is 0 Å². The van der Waals surface area contributed by atoms with Gasteiger partial charge in [0.1, 0.15) is 11.5 Å². The molecular weight excluding hydrogens is 356 g/mol. The van der Waals surface area contributed by atoms with Crippen LogP contribution in [0.15, 0.2) is 46.9 Å². The van der Waals surface area contributed by atoms with Gasteiger partial charge in [0.25, 0.3) is 0 Å². The number of hydrogen-bond donors (Lipinski definition) is 1. The van der Waals surface area contributed by atoms with Crippen LogP contribution in [0.2, 0.25) is 5.02 Å². The molecule has 5 heteroatoms. The van der Waals surface area contributed by atoms with Crippen LogP contribution < -0.4 is 4.74 Å². The van der Waals surface area contributed by atoms with Crippen LogP contribution in [0.5, 0.6) is 11.5 Å². The Morgan fingerprint density at radius 1 is 1.29 bits per heavy atom. The number of carbonyl (C=O) groups is 1. The standard InChI is InChI=1S/C16H12BrClO3/c1-10-8-13(5-6-14(10)17)21-15-9-12(18)4-2-11(15)3-7-16(19)20/h2-9H,1H3,(H,19,20)/b7-3+. The molecule has 0 aliphatic rings. The minimum Gasteiger partial charge on any atom is -0.478 e. The second-order valence-electron chi connectivity index (χ2n) is 4.37. The summed E-state index contributed by atoms with van der Waals surface area (Å²) in [4.78, 5) is 10.6. The highest BCUT2D eigenvalue weighted by Gasteiger charge is 2.06. The van der Waals surface area contributed by atoms with Crippen LogP contribution in [0, 0.1) is 6.92 Å². The molecule has 21 heavy (non-hydrogen) atoms. The third-order valence-corrected chi connectivity index (χ3v) is 3.86. The Morgan fingerprint density at radius 3 is 2.71 bits per heavy atom. The zero-order valence-electron chi connectivity index (χ0n) is 11.1. The summed E-state index contributed by atoms with van der Waals surface area (Å²) >= 11 is 9.40. The van der Waals surface area contributed by atoms with E-state index in [1.165, 1.54) is 6.08 Å². The van der Waals surface area contributed by atoms with Crippen molar-refractivity contribution in [2.45, 2.75) is 6.92 Å². The van der Waals surface area contributed by atoms with Crippen molar-refractivity contribution >= 4 is 39.6 Å². The van der Waals surface area contributed by atoms with Crippen molar-refractivity contribution in [1.82, 2.24) is 0 Å². The first-order chi connectivity index (χ1) is 9.95. The van der Waals surface area contributed by atoms with Crippen molar-refractivity contribution in [2.24, 2.45) is 0 Å². The average Bonchev–Trinajstić information content (AvgIpc) is 2.42. The van der Waals surface area contributed by atoms with Crippen molar-refractivity contribution in [3.63, 3.8) is 0 Å². The number of ether oxygens (including phenoxy) is 1. The summed E-state index contributed by atoms with van der Waals surface area (Å²) in [5.41, 5.74) is 1.68. The van der Waals surface area contributed by atoms with Crippen LogP contribution >= 0.6 is 27.5 Å². The Morgan fingerprint density at radius 2 is 2.05 bits per heavy atom. The van der Waals surface area contributed by atoms with Gasteiger partial charge in [0.2, 0.25) is 0 Å². The fourth-order valence-corrected chi connectivity index (χ4v) is 2.11. The molecule has 0 spiro atoms. The summed E-state index contributed by atoms with van der Waals surface area (Å²) < 4.78 is 6.80. The number of carboxylic acid groups (broad SMARTS) is 1. The molecule has 0 unspecified atom stereocenters. The molecular formula is C16H12BrClO3. The minimum absolute atomic E-state index is 0.502. The number of aryl methyl sites for hydroxylation is 1. The molecule has 0 aliphatic heterocycles. The van der Waals surface area contributed by atoms with Gasteiger partial charge in [0, 0.05) is 27.2 Å². The van der Waals surface area contributed by atoms with Gasteiger partial charge >= 0.3 is 5.97 Å². The maximum absolute atomic E-state index is 10.6. The molecule has 2 aromatic rings. The van der Waals surface area contributed by atoms with E-state index in [1.807, 2.05) is 25.1 Å². The van der Waals surface area contributed by atoms with Gasteiger partial charge in [-0.2, -0.15) is 0 Å². The van der Waals surface area contributed by atoms with E-state index in [4.69, 9.17) is 21.4 Å². The van der Waals surface area contributed by atoms with Gasteiger partial charge in [-0.25, -0.2) is 4.79 Å². The number of halogens is 2. The average molecular weight is 368 g/mol. The predicted molar refractivity (Wildman–Crippen MR) is 87.1 cm³/mol. The molecule has 3 nitrogen and oxygen atoms in total. The Balaban J connectivity index is 2.35. The molecule has 0 amide bonds. The maximum Gasteiger partial charge on any atom is 0.328 e. The predicted octanol–water partition coefficient (Wildman–Crippen LogP) is 5.30. The highest BCUT2D eigenvalue weighted by molar-refractivity contribution is 9.10. The molecule has 0 radical (unpaired) electrons. The Hall–Kier alpha value is -1.78. The highest BCUT2D eigenvalue weighted by Crippen LogP contribution is 2.31. The Kier molecular flexibility index (Phi) is 5.04. The van der Waals surface area contributed by atoms with Crippen LogP contribution in [0.25, 0.3) is 6.08 Å². The zero-order chi connectivity index (χ0) is 15.4. The summed E-state index contributed by atoms with van der Waals surface area (Å²) in [5, 5.41) is 9.24. The number of carboxylic acids is 1. The summed E-state index contributed by atoms with van der Waals surface area (Å²) in [7, 11) is 0. The van der Waals surface area contributed by atoms with E-state index in [2.05, 4.69) is 15.9 Å². The van der Waals surface area contributed by atoms with Gasteiger partial charge in [-0.3, -0.25) is 0 Å². The first kappa shape index (κ1) is 15.6. The highest BCUT2D eigenvalue weighted by atomic mass is 79.9. The first-order valence-electron chi connectivity index (χ1n) is 6.10. The maximum atomic E-state index is 10.6. The van der Waals surface area contributed by atoms with E-state index in [0.29, 0.717) is 22.1 Å². The lowest BCUT2D eigenvalue weighted by Crippen LogP contribution is -1.90. The van der Waals surface area contributed by atoms with Crippen LogP contribution in [0.4, 0.5) is 0 Å². The number of hydrogen-bond acceptors (Lipinski definition) is 2. The fraction of sp³-hybridized carbons (Fsp3) is 0.0625. The van der Waals surface area contributed by atoms with Gasteiger partial charge in [-0.15, -0.1) is 0 Å². The smallest absolute Gasteiger partial charge is 0.328 e. The summed E-state index contributed by atoms with van der Waals surface area (Å²) in [6, 6.07) is 10.6. The molecule has 0 saturated heterocycles. The lowest BCUT2D eigenvalue weighted by atomic mass is 10.2. The lowest BCUT2D eigenvalue weighted by molar-refractivity contribution is -0.131. The number of rotatable bonds is 4. The molecule has 0 bridgehead atoms. The van der Waals surface area contributed by atoms with Gasteiger partial charge in [-0.05, 0) is 48.9 Å². The number of aliphatic carboxylic acids is 1. The topological polar surface area (TPSA) is 46.5 Å². The van der Waals surface area contributed by atoms with E-state index < -0.39 is 5.97 Å². The minimum atomic E-state index is -1.02. The quantitative estimate of drug-likeness (QED) is 0.746. The van der Waals surface area contributed by atoms with Gasteiger partial charge < -0.3 is 9.84 Å². The van der Waals surface area contributed by atoms with Crippen molar-refractivity contribution < 1.29 is 14.6 Å². The molecule has 2 aromatic carbocycles. The van der Waals surface area contributed by atoms with Crippen LogP contribution in [0.1, 0.15) is 11.1 Å². The lowest BCUT2D eigenvalue weighted by Gasteiger charge is -2.10. The van der Waals surface area contributed by atoms with E-state index in [-0.39, 0.29) is 0 Å². The second kappa shape index (κ2) is 6.78. The molecule has 108 valence electrons. The van der Waals surface area contributed by atoms with Crippen LogP contribution in [0.3, 0.4) is 0 Å². The molecule has 0 heterocycles. The SMILES string of the molecule is Cc1cc(Oc2cc(Cl)ccc2/C=C/C(=O)O)ccc1Br. The summed E-state index contributed by atoms with van der Waals surface area (Å²) in [5.74, 6) is 0.139. The molecule has 0 saturated carbocycles. The van der Waals surface area contributed by atoms with Crippen molar-refractivity contribution in [3.05, 3.63) is 63.1 Å². The Labute approximate surface area is 135 Å². The Bertz CT molecular complexity index is 711. The normalized spacial score (nSPS) is 10.8. The largest absolute Gasteiger partial charge is 0.478 e. The third kappa shape index (κ3) is 4.34. The van der Waals surface area contributed by atoms with E-state index in [1.54, 1.807) is 18.2 Å². The third-order valence-electron chi connectivity index (χ3n) is 2.74. The molecule has 0 aromatic heterocycles. The molecule has 0 aliphatic carbocycles. The van der Waals surface area contributed by atoms with E-state index in [9.17, 15) is 4.79 Å². The van der Waals surface area contributed by atoms with Crippen LogP contribution in [-0.2, 0) is 4.79 Å². The summed E-state index contributed by atoms with van der Waals surface area (Å²) in [6.07, 6.45) is 2.53. The molecule has 1 N–H and O–H groups in total. The monoisotopic (exact) mass is 366 g/mol. The van der Waals surface area contributed by atoms with Crippen molar-refractivity contribution in [1.29, 1.82) is 0 Å². The molecule has 2 rings (SSSR count). The zero-order valence-corrected chi connectivity index (χ0v) is 13.5. The van der Waals surface area contributed by atoms with E-state index >= 15 is 0 Å². The molecule has 0 fully saturated rings. The van der Waals surface area contributed by atoms with E-state index in [0.717, 1.165) is 16.1 Å². The fourth-order valence-electron chi connectivity index (χ4n) is 1.70. The molecule has 0 atom stereocenters. The second-order valence-corrected chi connectivity index (χ2v) is 5.66. The van der Waals surface area contributed by atoms with Gasteiger partial charge in [0.15, 0.2) is 0 Å².